The summed E-state index contributed by atoms with van der Waals surface area (Å²) in [5, 5.41) is 20.8. The van der Waals surface area contributed by atoms with E-state index < -0.39 is 0 Å². The molecule has 2 aromatic carbocycles. The number of phenolic OH excluding ortho intramolecular Hbond substituents is 1. The lowest BCUT2D eigenvalue weighted by Gasteiger charge is -2.32. The van der Waals surface area contributed by atoms with Gasteiger partial charge in [0.15, 0.2) is 0 Å². The minimum atomic E-state index is 0.166. The Morgan fingerprint density at radius 2 is 1.94 bits per heavy atom. The number of benzene rings is 2. The van der Waals surface area contributed by atoms with Crippen molar-refractivity contribution in [3.8, 4) is 34.6 Å². The van der Waals surface area contributed by atoms with E-state index in [0.29, 0.717) is 18.1 Å². The van der Waals surface area contributed by atoms with Gasteiger partial charge >= 0.3 is 0 Å². The van der Waals surface area contributed by atoms with Crippen LogP contribution in [0.3, 0.4) is 0 Å². The minimum absolute atomic E-state index is 0.166. The second kappa shape index (κ2) is 12.0. The maximum Gasteiger partial charge on any atom is 0.146 e. The molecule has 47 heavy (non-hydrogen) atoms. The molecule has 2 fully saturated rings. The summed E-state index contributed by atoms with van der Waals surface area (Å²) in [7, 11) is 3.50. The highest BCUT2D eigenvalue weighted by Gasteiger charge is 2.28. The topological polar surface area (TPSA) is 106 Å². The van der Waals surface area contributed by atoms with Crippen LogP contribution in [0.15, 0.2) is 73.3 Å². The standard InChI is InChI=1S/C37H36N8O2/c1-43-17-14-31(42-43)30-22-45(37-35(30)36(39-23-40-37)38-21-27-9-12-29(47-2)20-33(27)46)28-11-7-24(18-28)4-5-25-6-8-26-10-13-34(41-32(26)19-25)44-15-3-16-44/h6,8-10,12-14,17,19-20,22-24,28,46H,3,7,11,15-16,18,21H2,1-2H3,(H,38,39,40). The molecular weight excluding hydrogens is 588 g/mol. The zero-order chi connectivity index (χ0) is 31.9. The predicted molar refractivity (Wildman–Crippen MR) is 184 cm³/mol. The number of rotatable bonds is 7. The van der Waals surface area contributed by atoms with Crippen molar-refractivity contribution in [2.75, 3.05) is 30.4 Å². The fourth-order valence-corrected chi connectivity index (χ4v) is 6.68. The zero-order valence-corrected chi connectivity index (χ0v) is 26.5. The summed E-state index contributed by atoms with van der Waals surface area (Å²) in [6, 6.07) is 18.2. The van der Waals surface area contributed by atoms with Crippen LogP contribution in [-0.4, -0.2) is 54.6 Å². The highest BCUT2D eigenvalue weighted by Crippen LogP contribution is 2.41. The average molecular weight is 625 g/mol. The van der Waals surface area contributed by atoms with Crippen LogP contribution in [0.4, 0.5) is 11.6 Å². The fourth-order valence-electron chi connectivity index (χ4n) is 6.68. The summed E-state index contributed by atoms with van der Waals surface area (Å²) < 4.78 is 9.33. The maximum atomic E-state index is 10.5. The molecule has 1 saturated heterocycles. The van der Waals surface area contributed by atoms with Crippen molar-refractivity contribution in [2.24, 2.45) is 13.0 Å². The van der Waals surface area contributed by atoms with Gasteiger partial charge in [0, 0.05) is 79.2 Å². The van der Waals surface area contributed by atoms with Gasteiger partial charge in [0.1, 0.15) is 35.1 Å². The first-order valence-electron chi connectivity index (χ1n) is 16.1. The second-order valence-electron chi connectivity index (χ2n) is 12.4. The summed E-state index contributed by atoms with van der Waals surface area (Å²) in [4.78, 5) is 16.6. The molecule has 0 radical (unpaired) electrons. The molecule has 2 unspecified atom stereocenters. The number of ether oxygens (including phenoxy) is 1. The molecule has 0 amide bonds. The quantitative estimate of drug-likeness (QED) is 0.199. The van der Waals surface area contributed by atoms with E-state index >= 15 is 0 Å². The molecule has 10 nitrogen and oxygen atoms in total. The molecule has 1 saturated carbocycles. The maximum absolute atomic E-state index is 10.5. The zero-order valence-electron chi connectivity index (χ0n) is 26.5. The number of fused-ring (bicyclic) bond motifs is 2. The Hall–Kier alpha value is -5.56. The third-order valence-corrected chi connectivity index (χ3v) is 9.41. The van der Waals surface area contributed by atoms with Crippen molar-refractivity contribution in [1.82, 2.24) is 29.3 Å². The molecule has 0 spiro atoms. The molecule has 8 rings (SSSR count). The number of nitrogens with zero attached hydrogens (tertiary/aromatic N) is 7. The molecule has 0 bridgehead atoms. The Labute approximate surface area is 273 Å². The number of pyridine rings is 1. The highest BCUT2D eigenvalue weighted by molar-refractivity contribution is 6.00. The van der Waals surface area contributed by atoms with Gasteiger partial charge < -0.3 is 24.6 Å². The third kappa shape index (κ3) is 5.58. The molecule has 1 aliphatic carbocycles. The Kier molecular flexibility index (Phi) is 7.37. The summed E-state index contributed by atoms with van der Waals surface area (Å²) in [6.07, 6.45) is 9.92. The van der Waals surface area contributed by atoms with Gasteiger partial charge in [-0.1, -0.05) is 17.9 Å². The SMILES string of the molecule is COc1ccc(CNc2ncnc3c2c(-c2ccn(C)n2)cn3C2CCC(C#Cc3ccc4ccc(N5CCC5)nc4c3)C2)c(O)c1. The van der Waals surface area contributed by atoms with E-state index in [0.717, 1.165) is 82.5 Å². The van der Waals surface area contributed by atoms with E-state index in [1.165, 1.54) is 6.42 Å². The van der Waals surface area contributed by atoms with E-state index in [-0.39, 0.29) is 17.7 Å². The molecule has 2 N–H and O–H groups in total. The van der Waals surface area contributed by atoms with E-state index in [1.54, 1.807) is 24.2 Å². The Morgan fingerprint density at radius 3 is 2.72 bits per heavy atom. The van der Waals surface area contributed by atoms with Crippen molar-refractivity contribution in [1.29, 1.82) is 0 Å². The van der Waals surface area contributed by atoms with E-state index in [4.69, 9.17) is 19.8 Å². The molecule has 2 atom stereocenters. The lowest BCUT2D eigenvalue weighted by atomic mass is 10.1. The molecule has 4 aromatic heterocycles. The monoisotopic (exact) mass is 624 g/mol. The van der Waals surface area contributed by atoms with Crippen LogP contribution in [0, 0.1) is 17.8 Å². The number of anilines is 2. The predicted octanol–water partition coefficient (Wildman–Crippen LogP) is 6.31. The van der Waals surface area contributed by atoms with Crippen LogP contribution >= 0.6 is 0 Å². The van der Waals surface area contributed by atoms with Crippen LogP contribution in [0.5, 0.6) is 11.5 Å². The largest absolute Gasteiger partial charge is 0.507 e. The van der Waals surface area contributed by atoms with Gasteiger partial charge in [-0.2, -0.15) is 5.10 Å². The summed E-state index contributed by atoms with van der Waals surface area (Å²) in [5.74, 6) is 9.85. The normalized spacial score (nSPS) is 17.4. The van der Waals surface area contributed by atoms with Gasteiger partial charge in [-0.15, -0.1) is 0 Å². The van der Waals surface area contributed by atoms with Crippen LogP contribution in [0.25, 0.3) is 33.2 Å². The number of methoxy groups -OCH3 is 1. The van der Waals surface area contributed by atoms with E-state index in [1.807, 2.05) is 31.4 Å². The van der Waals surface area contributed by atoms with E-state index in [9.17, 15) is 5.11 Å². The summed E-state index contributed by atoms with van der Waals surface area (Å²) in [6.45, 7) is 2.55. The van der Waals surface area contributed by atoms with Crippen LogP contribution in [0.2, 0.25) is 0 Å². The van der Waals surface area contributed by atoms with Crippen molar-refractivity contribution < 1.29 is 9.84 Å². The number of aromatic hydroxyl groups is 1. The van der Waals surface area contributed by atoms with Crippen LogP contribution < -0.4 is 15.0 Å². The molecular formula is C37H36N8O2. The number of aryl methyl sites for hydroxylation is 1. The Morgan fingerprint density at radius 1 is 1.04 bits per heavy atom. The van der Waals surface area contributed by atoms with Gasteiger partial charge in [-0.3, -0.25) is 4.68 Å². The third-order valence-electron chi connectivity index (χ3n) is 9.41. The van der Waals surface area contributed by atoms with Gasteiger partial charge in [0.25, 0.3) is 0 Å². The van der Waals surface area contributed by atoms with Crippen molar-refractivity contribution in [2.45, 2.75) is 38.3 Å². The Bertz CT molecular complexity index is 2170. The van der Waals surface area contributed by atoms with E-state index in [2.05, 4.69) is 68.1 Å². The number of aromatic nitrogens is 6. The number of nitrogens with one attached hydrogen (secondary N) is 1. The van der Waals surface area contributed by atoms with Gasteiger partial charge in [-0.05, 0) is 68.1 Å². The minimum Gasteiger partial charge on any atom is -0.507 e. The van der Waals surface area contributed by atoms with Crippen molar-refractivity contribution in [3.63, 3.8) is 0 Å². The van der Waals surface area contributed by atoms with Gasteiger partial charge in [0.2, 0.25) is 0 Å². The first-order valence-corrected chi connectivity index (χ1v) is 16.1. The molecule has 6 aromatic rings. The molecule has 1 aliphatic heterocycles. The van der Waals surface area contributed by atoms with Crippen LogP contribution in [-0.2, 0) is 13.6 Å². The Balaban J connectivity index is 1.06. The van der Waals surface area contributed by atoms with Gasteiger partial charge in [-0.25, -0.2) is 15.0 Å². The second-order valence-corrected chi connectivity index (χ2v) is 12.4. The van der Waals surface area contributed by atoms with Gasteiger partial charge in [0.05, 0.1) is 23.7 Å². The lowest BCUT2D eigenvalue weighted by Crippen LogP contribution is -2.37. The lowest BCUT2D eigenvalue weighted by molar-refractivity contribution is 0.406. The molecule has 5 heterocycles. The number of phenols is 1. The van der Waals surface area contributed by atoms with Crippen LogP contribution in [0.1, 0.15) is 42.9 Å². The van der Waals surface area contributed by atoms with Crippen molar-refractivity contribution >= 4 is 33.6 Å². The number of hydrogen-bond donors (Lipinski definition) is 2. The van der Waals surface area contributed by atoms with Crippen molar-refractivity contribution in [3.05, 3.63) is 84.4 Å². The molecule has 236 valence electrons. The number of hydrogen-bond acceptors (Lipinski definition) is 8. The summed E-state index contributed by atoms with van der Waals surface area (Å²) >= 11 is 0. The molecule has 2 aliphatic rings. The smallest absolute Gasteiger partial charge is 0.146 e. The first-order chi connectivity index (χ1) is 23.0. The summed E-state index contributed by atoms with van der Waals surface area (Å²) in [5.41, 5.74) is 5.44. The first kappa shape index (κ1) is 28.9. The fraction of sp³-hybridized carbons (Fsp3) is 0.297. The highest BCUT2D eigenvalue weighted by atomic mass is 16.5. The molecule has 10 heteroatoms. The average Bonchev–Trinajstić information content (AvgIpc) is 3.81.